The molecule has 1 aromatic heterocycles. The number of hydrogen-bond acceptors (Lipinski definition) is 3. The molecule has 1 heterocycles. The van der Waals surface area contributed by atoms with Crippen LogP contribution < -0.4 is 10.7 Å². The summed E-state index contributed by atoms with van der Waals surface area (Å²) in [5.74, 6) is -0.223. The van der Waals surface area contributed by atoms with Gasteiger partial charge in [0.25, 0.3) is 5.91 Å². The highest BCUT2D eigenvalue weighted by atomic mass is 79.9. The monoisotopic (exact) mass is 458 g/mol. The molecule has 5 nitrogen and oxygen atoms in total. The number of carbonyl (C=O) groups is 1. The maximum atomic E-state index is 12.0. The van der Waals surface area contributed by atoms with Crippen molar-refractivity contribution < 1.29 is 4.79 Å². The van der Waals surface area contributed by atoms with Crippen molar-refractivity contribution in [2.45, 2.75) is 13.8 Å². The van der Waals surface area contributed by atoms with Gasteiger partial charge in [0.2, 0.25) is 0 Å². The lowest BCUT2D eigenvalue weighted by molar-refractivity contribution is -0.119. The van der Waals surface area contributed by atoms with Crippen molar-refractivity contribution in [1.82, 2.24) is 9.99 Å². The number of hydrazone groups is 1. The Hall–Kier alpha value is -2.57. The molecule has 0 radical (unpaired) electrons. The molecular weight excluding hydrogens is 440 g/mol. The smallest absolute Gasteiger partial charge is 0.259 e. The molecule has 3 rings (SSSR count). The molecule has 0 fully saturated rings. The summed E-state index contributed by atoms with van der Waals surface area (Å²) in [7, 11) is 0. The van der Waals surface area contributed by atoms with Crippen LogP contribution in [0.25, 0.3) is 5.69 Å². The predicted octanol–water partition coefficient (Wildman–Crippen LogP) is 5.07. The number of aryl methyl sites for hydroxylation is 1. The molecule has 0 aliphatic rings. The predicted molar refractivity (Wildman–Crippen MR) is 119 cm³/mol. The maximum Gasteiger partial charge on any atom is 0.259 e. The lowest BCUT2D eigenvalue weighted by Gasteiger charge is -2.11. The van der Waals surface area contributed by atoms with Gasteiger partial charge in [0.15, 0.2) is 0 Å². The van der Waals surface area contributed by atoms with E-state index < -0.39 is 0 Å². The first-order chi connectivity index (χ1) is 13.5. The summed E-state index contributed by atoms with van der Waals surface area (Å²) in [5, 5.41) is 7.81. The minimum Gasteiger partial charge on any atom is -0.376 e. The van der Waals surface area contributed by atoms with E-state index in [0.717, 1.165) is 32.8 Å². The van der Waals surface area contributed by atoms with Gasteiger partial charge in [0.05, 0.1) is 23.5 Å². The Kier molecular flexibility index (Phi) is 6.54. The molecule has 2 N–H and O–H groups in total. The number of hydrogen-bond donors (Lipinski definition) is 2. The molecule has 0 atom stereocenters. The van der Waals surface area contributed by atoms with Gasteiger partial charge in [-0.3, -0.25) is 4.79 Å². The third-order valence-corrected chi connectivity index (χ3v) is 5.10. The molecule has 0 aliphatic heterocycles. The van der Waals surface area contributed by atoms with Crippen molar-refractivity contribution in [3.63, 3.8) is 0 Å². The summed E-state index contributed by atoms with van der Waals surface area (Å²) in [6.07, 6.45) is 1.65. The molecule has 0 saturated heterocycles. The molecule has 28 heavy (non-hydrogen) atoms. The number of aromatic nitrogens is 1. The van der Waals surface area contributed by atoms with Crippen LogP contribution in [-0.2, 0) is 4.79 Å². The van der Waals surface area contributed by atoms with Gasteiger partial charge in [-0.1, -0.05) is 39.7 Å². The second kappa shape index (κ2) is 9.08. The highest BCUT2D eigenvalue weighted by Gasteiger charge is 2.11. The van der Waals surface area contributed by atoms with Crippen LogP contribution in [-0.4, -0.2) is 23.2 Å². The first-order valence-electron chi connectivity index (χ1n) is 8.71. The molecule has 0 saturated carbocycles. The van der Waals surface area contributed by atoms with Gasteiger partial charge < -0.3 is 9.88 Å². The standard InChI is InChI=1S/C21H20BrClN4O/c1-14-11-16(15(2)27(14)20-6-4-3-5-19(20)23)12-25-26-21(28)13-24-18-9-7-17(22)8-10-18/h3-12,24H,13H2,1-2H3,(H,26,28)/b25-12+. The third kappa shape index (κ3) is 4.82. The Bertz CT molecular complexity index is 1010. The first-order valence-corrected chi connectivity index (χ1v) is 9.88. The van der Waals surface area contributed by atoms with Gasteiger partial charge in [0, 0.05) is 27.1 Å². The number of carbonyl (C=O) groups excluding carboxylic acids is 1. The largest absolute Gasteiger partial charge is 0.376 e. The number of halogens is 2. The quantitative estimate of drug-likeness (QED) is 0.399. The van der Waals surface area contributed by atoms with Gasteiger partial charge in [-0.25, -0.2) is 5.43 Å². The van der Waals surface area contributed by atoms with E-state index in [9.17, 15) is 4.79 Å². The number of benzene rings is 2. The normalized spacial score (nSPS) is 11.0. The van der Waals surface area contributed by atoms with E-state index >= 15 is 0 Å². The topological polar surface area (TPSA) is 58.4 Å². The Balaban J connectivity index is 1.63. The van der Waals surface area contributed by atoms with Crippen LogP contribution in [0.1, 0.15) is 17.0 Å². The zero-order chi connectivity index (χ0) is 20.1. The van der Waals surface area contributed by atoms with Crippen LogP contribution in [0.3, 0.4) is 0 Å². The van der Waals surface area contributed by atoms with Gasteiger partial charge in [0.1, 0.15) is 0 Å². The Morgan fingerprint density at radius 1 is 1.18 bits per heavy atom. The molecule has 0 bridgehead atoms. The molecule has 0 unspecified atom stereocenters. The molecule has 7 heteroatoms. The lowest BCUT2D eigenvalue weighted by Crippen LogP contribution is -2.25. The second-order valence-corrected chi connectivity index (χ2v) is 7.59. The number of amides is 1. The van der Waals surface area contributed by atoms with E-state index in [1.807, 2.05) is 68.4 Å². The second-order valence-electron chi connectivity index (χ2n) is 6.27. The summed E-state index contributed by atoms with van der Waals surface area (Å²) >= 11 is 9.71. The molecule has 1 amide bonds. The van der Waals surface area contributed by atoms with Crippen LogP contribution in [0.15, 0.2) is 64.2 Å². The van der Waals surface area contributed by atoms with Crippen molar-refractivity contribution in [2.75, 3.05) is 11.9 Å². The Morgan fingerprint density at radius 3 is 2.61 bits per heavy atom. The summed E-state index contributed by atoms with van der Waals surface area (Å²) in [6.45, 7) is 4.14. The number of para-hydroxylation sites is 1. The van der Waals surface area contributed by atoms with Crippen LogP contribution in [0.4, 0.5) is 5.69 Å². The van der Waals surface area contributed by atoms with Crippen molar-refractivity contribution >= 4 is 45.3 Å². The minimum absolute atomic E-state index is 0.137. The number of anilines is 1. The highest BCUT2D eigenvalue weighted by molar-refractivity contribution is 9.10. The minimum atomic E-state index is -0.223. The fraction of sp³-hybridized carbons (Fsp3) is 0.143. The first kappa shape index (κ1) is 20.2. The third-order valence-electron chi connectivity index (χ3n) is 4.25. The van der Waals surface area contributed by atoms with E-state index in [0.29, 0.717) is 5.02 Å². The van der Waals surface area contributed by atoms with E-state index in [4.69, 9.17) is 11.6 Å². The van der Waals surface area contributed by atoms with Crippen LogP contribution in [0, 0.1) is 13.8 Å². The van der Waals surface area contributed by atoms with E-state index in [1.54, 1.807) is 6.21 Å². The summed E-state index contributed by atoms with van der Waals surface area (Å²) < 4.78 is 3.06. The molecule has 0 aliphatic carbocycles. The van der Waals surface area contributed by atoms with Crippen molar-refractivity contribution in [2.24, 2.45) is 5.10 Å². The molecule has 3 aromatic rings. The number of nitrogens with one attached hydrogen (secondary N) is 2. The van der Waals surface area contributed by atoms with Gasteiger partial charge in [-0.05, 0) is 56.3 Å². The zero-order valence-electron chi connectivity index (χ0n) is 15.5. The average molecular weight is 460 g/mol. The highest BCUT2D eigenvalue weighted by Crippen LogP contribution is 2.25. The number of nitrogens with zero attached hydrogens (tertiary/aromatic N) is 2. The van der Waals surface area contributed by atoms with Crippen LogP contribution in [0.5, 0.6) is 0 Å². The van der Waals surface area contributed by atoms with E-state index in [-0.39, 0.29) is 12.5 Å². The van der Waals surface area contributed by atoms with Gasteiger partial charge in [-0.2, -0.15) is 5.10 Å². The average Bonchev–Trinajstić information content (AvgIpc) is 2.95. The Morgan fingerprint density at radius 2 is 1.89 bits per heavy atom. The Labute approximate surface area is 177 Å². The summed E-state index contributed by atoms with van der Waals surface area (Å²) in [6, 6.07) is 17.3. The van der Waals surface area contributed by atoms with Crippen LogP contribution in [0.2, 0.25) is 5.02 Å². The maximum absolute atomic E-state index is 12.0. The van der Waals surface area contributed by atoms with Gasteiger partial charge >= 0.3 is 0 Å². The zero-order valence-corrected chi connectivity index (χ0v) is 17.9. The molecule has 144 valence electrons. The van der Waals surface area contributed by atoms with Crippen molar-refractivity contribution in [1.29, 1.82) is 0 Å². The van der Waals surface area contributed by atoms with Crippen LogP contribution >= 0.6 is 27.5 Å². The fourth-order valence-corrected chi connectivity index (χ4v) is 3.37. The molecular formula is C21H20BrClN4O. The van der Waals surface area contributed by atoms with Gasteiger partial charge in [-0.15, -0.1) is 0 Å². The molecule has 2 aromatic carbocycles. The molecule has 0 spiro atoms. The van der Waals surface area contributed by atoms with Crippen molar-refractivity contribution in [3.8, 4) is 5.69 Å². The van der Waals surface area contributed by atoms with E-state index in [2.05, 4.69) is 36.3 Å². The summed E-state index contributed by atoms with van der Waals surface area (Å²) in [5.41, 5.74) is 7.28. The SMILES string of the molecule is Cc1cc(/C=N/NC(=O)CNc2ccc(Br)cc2)c(C)n1-c1ccccc1Cl. The number of rotatable bonds is 6. The lowest BCUT2D eigenvalue weighted by atomic mass is 10.2. The fourth-order valence-electron chi connectivity index (χ4n) is 2.89. The summed E-state index contributed by atoms with van der Waals surface area (Å²) in [4.78, 5) is 12.0. The van der Waals surface area contributed by atoms with Crippen molar-refractivity contribution in [3.05, 3.63) is 81.0 Å². The van der Waals surface area contributed by atoms with E-state index in [1.165, 1.54) is 0 Å².